The molecule has 0 spiro atoms. The molecule has 0 bridgehead atoms. The van der Waals surface area contributed by atoms with Gasteiger partial charge in [-0.3, -0.25) is 0 Å². The fourth-order valence-corrected chi connectivity index (χ4v) is 3.89. The third-order valence-electron chi connectivity index (χ3n) is 3.79. The minimum absolute atomic E-state index is 0.109. The van der Waals surface area contributed by atoms with Gasteiger partial charge in [0.15, 0.2) is 11.5 Å². The van der Waals surface area contributed by atoms with E-state index >= 15 is 0 Å². The molecule has 0 radical (unpaired) electrons. The van der Waals surface area contributed by atoms with Crippen molar-refractivity contribution < 1.29 is 35.8 Å². The van der Waals surface area contributed by atoms with E-state index in [-0.39, 0.29) is 13.2 Å². The van der Waals surface area contributed by atoms with Gasteiger partial charge in [-0.2, -0.15) is 4.31 Å². The summed E-state index contributed by atoms with van der Waals surface area (Å²) >= 11 is 0. The highest BCUT2D eigenvalue weighted by atomic mass is 32.2. The minimum atomic E-state index is -5.01. The molecule has 1 atom stereocenters. The van der Waals surface area contributed by atoms with Crippen LogP contribution in [0.1, 0.15) is 0 Å². The van der Waals surface area contributed by atoms with Crippen LogP contribution >= 0.6 is 0 Å². The average Bonchev–Trinajstić information content (AvgIpc) is 2.60. The molecular weight excluding hydrogens is 387 g/mol. The Morgan fingerprint density at radius 1 is 1.11 bits per heavy atom. The Hall–Kier alpha value is -2.46. The van der Waals surface area contributed by atoms with Crippen molar-refractivity contribution in [2.45, 2.75) is 17.4 Å². The quantitative estimate of drug-likeness (QED) is 0.768. The smallest absolute Gasteiger partial charge is 0.486 e. The summed E-state index contributed by atoms with van der Waals surface area (Å²) in [6, 6.07) is 11.5. The van der Waals surface area contributed by atoms with Crippen LogP contribution in [-0.4, -0.2) is 45.4 Å². The normalized spacial score (nSPS) is 17.0. The summed E-state index contributed by atoms with van der Waals surface area (Å²) in [5.74, 6) is 0.228. The van der Waals surface area contributed by atoms with Gasteiger partial charge < -0.3 is 14.2 Å². The fourth-order valence-electron chi connectivity index (χ4n) is 2.58. The molecule has 1 aliphatic heterocycles. The van der Waals surface area contributed by atoms with Crippen molar-refractivity contribution in [2.75, 3.05) is 20.2 Å². The number of sulfonamides is 1. The number of halogens is 3. The highest BCUT2D eigenvalue weighted by Crippen LogP contribution is 2.33. The number of alkyl halides is 3. The van der Waals surface area contributed by atoms with Crippen LogP contribution in [0.5, 0.6) is 17.2 Å². The summed E-state index contributed by atoms with van der Waals surface area (Å²) in [5.41, 5.74) is 0. The maximum absolute atomic E-state index is 12.7. The number of hydrogen-bond acceptors (Lipinski definition) is 5. The van der Waals surface area contributed by atoms with Gasteiger partial charge in [0.1, 0.15) is 23.4 Å². The van der Waals surface area contributed by atoms with Crippen LogP contribution in [0.15, 0.2) is 53.4 Å². The maximum atomic E-state index is 12.7. The molecule has 0 amide bonds. The minimum Gasteiger partial charge on any atom is -0.486 e. The second-order valence-corrected chi connectivity index (χ2v) is 7.79. The molecule has 27 heavy (non-hydrogen) atoms. The van der Waals surface area contributed by atoms with Crippen LogP contribution in [0.25, 0.3) is 0 Å². The molecule has 0 saturated carbocycles. The molecule has 0 fully saturated rings. The van der Waals surface area contributed by atoms with E-state index in [0.29, 0.717) is 11.5 Å². The Kier molecular flexibility index (Phi) is 5.20. The van der Waals surface area contributed by atoms with Crippen molar-refractivity contribution in [3.05, 3.63) is 48.5 Å². The molecule has 0 aromatic heterocycles. The van der Waals surface area contributed by atoms with Gasteiger partial charge in [-0.15, -0.1) is 13.2 Å². The number of para-hydroxylation sites is 3. The monoisotopic (exact) mass is 403 g/mol. The van der Waals surface area contributed by atoms with Crippen LogP contribution in [0.2, 0.25) is 0 Å². The van der Waals surface area contributed by atoms with Gasteiger partial charge in [0, 0.05) is 7.05 Å². The summed E-state index contributed by atoms with van der Waals surface area (Å²) in [6.07, 6.45) is -5.62. The first-order valence-electron chi connectivity index (χ1n) is 7.86. The zero-order valence-corrected chi connectivity index (χ0v) is 15.0. The van der Waals surface area contributed by atoms with Gasteiger partial charge in [0.05, 0.1) is 6.54 Å². The number of ether oxygens (including phenoxy) is 3. The first-order valence-corrected chi connectivity index (χ1v) is 9.30. The summed E-state index contributed by atoms with van der Waals surface area (Å²) in [4.78, 5) is -0.582. The van der Waals surface area contributed by atoms with E-state index in [9.17, 15) is 21.6 Å². The van der Waals surface area contributed by atoms with E-state index in [1.165, 1.54) is 19.2 Å². The van der Waals surface area contributed by atoms with Crippen molar-refractivity contribution >= 4 is 10.0 Å². The van der Waals surface area contributed by atoms with E-state index in [1.54, 1.807) is 24.3 Å². The summed E-state index contributed by atoms with van der Waals surface area (Å²) in [6.45, 7) is -0.00537. The van der Waals surface area contributed by atoms with Crippen LogP contribution in [0.3, 0.4) is 0 Å². The van der Waals surface area contributed by atoms with E-state index in [0.717, 1.165) is 16.4 Å². The number of fused-ring (bicyclic) bond motifs is 1. The Morgan fingerprint density at radius 3 is 2.44 bits per heavy atom. The zero-order valence-electron chi connectivity index (χ0n) is 14.1. The van der Waals surface area contributed by atoms with E-state index < -0.39 is 33.1 Å². The van der Waals surface area contributed by atoms with Crippen molar-refractivity contribution in [1.29, 1.82) is 0 Å². The molecule has 10 heteroatoms. The van der Waals surface area contributed by atoms with Gasteiger partial charge >= 0.3 is 6.36 Å². The Morgan fingerprint density at radius 2 is 1.74 bits per heavy atom. The van der Waals surface area contributed by atoms with Crippen LogP contribution in [0.4, 0.5) is 13.2 Å². The lowest BCUT2D eigenvalue weighted by Gasteiger charge is -2.29. The lowest BCUT2D eigenvalue weighted by atomic mass is 10.2. The standard InChI is InChI=1S/C17H16F3NO5S/c1-21(10-12-11-24-13-6-2-3-7-14(13)25-12)27(22,23)16-9-5-4-8-15(16)26-17(18,19)20/h2-9,12H,10-11H2,1H3/t12-/m0/s1. The van der Waals surface area contributed by atoms with Gasteiger partial charge in [-0.05, 0) is 24.3 Å². The molecule has 146 valence electrons. The van der Waals surface area contributed by atoms with Gasteiger partial charge in [-0.25, -0.2) is 8.42 Å². The Balaban J connectivity index is 1.78. The highest BCUT2D eigenvalue weighted by Gasteiger charge is 2.35. The molecule has 2 aromatic rings. The van der Waals surface area contributed by atoms with Crippen molar-refractivity contribution in [2.24, 2.45) is 0 Å². The predicted molar refractivity (Wildman–Crippen MR) is 89.3 cm³/mol. The van der Waals surface area contributed by atoms with Gasteiger partial charge in [-0.1, -0.05) is 24.3 Å². The molecule has 3 rings (SSSR count). The molecule has 6 nitrogen and oxygen atoms in total. The molecule has 0 N–H and O–H groups in total. The van der Waals surface area contributed by atoms with Gasteiger partial charge in [0.25, 0.3) is 0 Å². The second kappa shape index (κ2) is 7.28. The third-order valence-corrected chi connectivity index (χ3v) is 5.65. The topological polar surface area (TPSA) is 65.1 Å². The van der Waals surface area contributed by atoms with E-state index in [2.05, 4.69) is 4.74 Å². The van der Waals surface area contributed by atoms with Crippen LogP contribution < -0.4 is 14.2 Å². The van der Waals surface area contributed by atoms with E-state index in [4.69, 9.17) is 9.47 Å². The number of hydrogen-bond donors (Lipinski definition) is 0. The SMILES string of the molecule is CN(C[C@H]1COc2ccccc2O1)S(=O)(=O)c1ccccc1OC(F)(F)F. The second-order valence-electron chi connectivity index (χ2n) is 5.78. The average molecular weight is 403 g/mol. The summed E-state index contributed by atoms with van der Waals surface area (Å²) < 4.78 is 79.1. The number of benzene rings is 2. The molecule has 0 aliphatic carbocycles. The molecule has 0 unspecified atom stereocenters. The first-order chi connectivity index (χ1) is 12.7. The Bertz CT molecular complexity index is 917. The van der Waals surface area contributed by atoms with Crippen LogP contribution in [-0.2, 0) is 10.0 Å². The van der Waals surface area contributed by atoms with Crippen molar-refractivity contribution in [1.82, 2.24) is 4.31 Å². The number of likely N-dealkylation sites (N-methyl/N-ethyl adjacent to an activating group) is 1. The molecule has 2 aromatic carbocycles. The predicted octanol–water partition coefficient (Wildman–Crippen LogP) is 3.05. The molecule has 0 saturated heterocycles. The number of nitrogens with zero attached hydrogens (tertiary/aromatic N) is 1. The summed E-state index contributed by atoms with van der Waals surface area (Å²) in [5, 5.41) is 0. The van der Waals surface area contributed by atoms with Crippen molar-refractivity contribution in [3.63, 3.8) is 0 Å². The molecular formula is C17H16F3NO5S. The number of rotatable bonds is 5. The first kappa shape index (κ1) is 19.3. The third kappa shape index (κ3) is 4.45. The van der Waals surface area contributed by atoms with Crippen LogP contribution in [0, 0.1) is 0 Å². The highest BCUT2D eigenvalue weighted by molar-refractivity contribution is 7.89. The maximum Gasteiger partial charge on any atom is 0.573 e. The largest absolute Gasteiger partial charge is 0.573 e. The van der Waals surface area contributed by atoms with Gasteiger partial charge in [0.2, 0.25) is 10.0 Å². The zero-order chi connectivity index (χ0) is 19.7. The lowest BCUT2D eigenvalue weighted by molar-refractivity contribution is -0.275. The fraction of sp³-hybridized carbons (Fsp3) is 0.294. The molecule has 1 heterocycles. The summed E-state index contributed by atoms with van der Waals surface area (Å²) in [7, 11) is -2.99. The lowest BCUT2D eigenvalue weighted by Crippen LogP contribution is -2.41. The van der Waals surface area contributed by atoms with Crippen molar-refractivity contribution in [3.8, 4) is 17.2 Å². The molecule has 1 aliphatic rings. The Labute approximate surface area is 154 Å². The van der Waals surface area contributed by atoms with E-state index in [1.807, 2.05) is 0 Å².